The van der Waals surface area contributed by atoms with E-state index in [-0.39, 0.29) is 23.5 Å². The van der Waals surface area contributed by atoms with E-state index in [4.69, 9.17) is 0 Å². The van der Waals surface area contributed by atoms with Crippen LogP contribution >= 0.6 is 0 Å². The van der Waals surface area contributed by atoms with E-state index >= 15 is 0 Å². The van der Waals surface area contributed by atoms with Crippen molar-refractivity contribution in [3.8, 4) is 0 Å². The molecule has 0 aliphatic heterocycles. The first-order valence-corrected chi connectivity index (χ1v) is 8.07. The van der Waals surface area contributed by atoms with Gasteiger partial charge in [0.15, 0.2) is 11.6 Å². The van der Waals surface area contributed by atoms with Crippen LogP contribution in [-0.2, 0) is 9.59 Å². The Hall–Kier alpha value is -2.76. The topological polar surface area (TPSA) is 58.2 Å². The van der Waals surface area contributed by atoms with Crippen molar-refractivity contribution in [2.45, 2.75) is 19.4 Å². The fraction of sp³-hybridized carbons (Fsp3) is 0.263. The number of nitrogens with one attached hydrogen (secondary N) is 2. The molecule has 25 heavy (non-hydrogen) atoms. The minimum absolute atomic E-state index is 0.149. The number of hydrogen-bond acceptors (Lipinski definition) is 2. The Balaban J connectivity index is 1.53. The molecule has 1 aliphatic rings. The average molecular weight is 344 g/mol. The van der Waals surface area contributed by atoms with Gasteiger partial charge in [0.2, 0.25) is 11.8 Å². The molecule has 2 N–H and O–H groups in total. The first-order chi connectivity index (χ1) is 12.0. The molecule has 2 aromatic rings. The molecule has 1 aliphatic carbocycles. The van der Waals surface area contributed by atoms with Gasteiger partial charge in [-0.2, -0.15) is 0 Å². The summed E-state index contributed by atoms with van der Waals surface area (Å²) in [5.41, 5.74) is 1.16. The highest BCUT2D eigenvalue weighted by Gasteiger charge is 2.48. The van der Waals surface area contributed by atoms with Crippen LogP contribution in [-0.4, -0.2) is 11.8 Å². The molecule has 0 saturated heterocycles. The van der Waals surface area contributed by atoms with Gasteiger partial charge < -0.3 is 10.6 Å². The van der Waals surface area contributed by atoms with Crippen LogP contribution in [0.4, 0.5) is 14.5 Å². The number of amides is 2. The van der Waals surface area contributed by atoms with Crippen LogP contribution < -0.4 is 10.6 Å². The van der Waals surface area contributed by atoms with Crippen molar-refractivity contribution in [2.24, 2.45) is 11.8 Å². The third-order valence-electron chi connectivity index (χ3n) is 4.31. The number of hydrogen-bond donors (Lipinski definition) is 2. The summed E-state index contributed by atoms with van der Waals surface area (Å²) in [6, 6.07) is 12.5. The molecule has 0 heterocycles. The second-order valence-corrected chi connectivity index (χ2v) is 6.21. The van der Waals surface area contributed by atoms with Crippen LogP contribution in [0.25, 0.3) is 0 Å². The van der Waals surface area contributed by atoms with Gasteiger partial charge in [-0.15, -0.1) is 0 Å². The van der Waals surface area contributed by atoms with Gasteiger partial charge in [0.05, 0.1) is 17.9 Å². The van der Waals surface area contributed by atoms with E-state index in [2.05, 4.69) is 10.6 Å². The highest BCUT2D eigenvalue weighted by atomic mass is 19.2. The van der Waals surface area contributed by atoms with Crippen molar-refractivity contribution in [3.63, 3.8) is 0 Å². The summed E-state index contributed by atoms with van der Waals surface area (Å²) in [6.07, 6.45) is 0.447. The highest BCUT2D eigenvalue weighted by molar-refractivity contribution is 5.99. The van der Waals surface area contributed by atoms with E-state index in [9.17, 15) is 18.4 Å². The SMILES string of the molecule is CC(NC(=O)C1CC1C(=O)Nc1ccc(F)c(F)c1)c1ccccc1. The maximum Gasteiger partial charge on any atom is 0.228 e. The molecule has 3 unspecified atom stereocenters. The molecule has 3 atom stereocenters. The predicted molar refractivity (Wildman–Crippen MR) is 89.6 cm³/mol. The Morgan fingerprint density at radius 1 is 1.00 bits per heavy atom. The Morgan fingerprint density at radius 2 is 1.68 bits per heavy atom. The van der Waals surface area contributed by atoms with Gasteiger partial charge in [-0.1, -0.05) is 30.3 Å². The van der Waals surface area contributed by atoms with Crippen molar-refractivity contribution in [3.05, 3.63) is 65.7 Å². The minimum Gasteiger partial charge on any atom is -0.349 e. The van der Waals surface area contributed by atoms with E-state index in [1.54, 1.807) is 0 Å². The molecule has 2 aromatic carbocycles. The largest absolute Gasteiger partial charge is 0.349 e. The van der Waals surface area contributed by atoms with E-state index < -0.39 is 23.5 Å². The lowest BCUT2D eigenvalue weighted by atomic mass is 10.1. The molecule has 0 bridgehead atoms. The Morgan fingerprint density at radius 3 is 2.36 bits per heavy atom. The van der Waals surface area contributed by atoms with Gasteiger partial charge in [-0.3, -0.25) is 9.59 Å². The Bertz CT molecular complexity index is 795. The molecule has 0 radical (unpaired) electrons. The van der Waals surface area contributed by atoms with Crippen LogP contribution in [0.5, 0.6) is 0 Å². The number of rotatable bonds is 5. The molecule has 2 amide bonds. The van der Waals surface area contributed by atoms with Gasteiger partial charge in [0, 0.05) is 11.8 Å². The monoisotopic (exact) mass is 344 g/mol. The van der Waals surface area contributed by atoms with E-state index in [0.29, 0.717) is 6.42 Å². The third kappa shape index (κ3) is 4.02. The number of carbonyl (C=O) groups is 2. The molecular weight excluding hydrogens is 326 g/mol. The van der Waals surface area contributed by atoms with E-state index in [1.807, 2.05) is 37.3 Å². The van der Waals surface area contributed by atoms with Gasteiger partial charge >= 0.3 is 0 Å². The minimum atomic E-state index is -1.03. The standard InChI is InChI=1S/C19H18F2N2O2/c1-11(12-5-3-2-4-6-12)22-18(24)14-10-15(14)19(25)23-13-7-8-16(20)17(21)9-13/h2-9,11,14-15H,10H2,1H3,(H,22,24)(H,23,25). The van der Waals surface area contributed by atoms with Gasteiger partial charge in [0.25, 0.3) is 0 Å². The van der Waals surface area contributed by atoms with Gasteiger partial charge in [0.1, 0.15) is 0 Å². The number of anilines is 1. The van der Waals surface area contributed by atoms with Crippen LogP contribution in [0.15, 0.2) is 48.5 Å². The lowest BCUT2D eigenvalue weighted by Crippen LogP contribution is -2.29. The highest BCUT2D eigenvalue weighted by Crippen LogP contribution is 2.40. The van der Waals surface area contributed by atoms with Crippen LogP contribution in [0.2, 0.25) is 0 Å². The second kappa shape index (κ2) is 7.01. The summed E-state index contributed by atoms with van der Waals surface area (Å²) < 4.78 is 26.1. The number of halogens is 2. The van der Waals surface area contributed by atoms with Crippen molar-refractivity contribution < 1.29 is 18.4 Å². The molecule has 4 nitrogen and oxygen atoms in total. The zero-order valence-electron chi connectivity index (χ0n) is 13.6. The lowest BCUT2D eigenvalue weighted by molar-refractivity contribution is -0.125. The van der Waals surface area contributed by atoms with Crippen molar-refractivity contribution in [2.75, 3.05) is 5.32 Å². The fourth-order valence-corrected chi connectivity index (χ4v) is 2.73. The summed E-state index contributed by atoms with van der Waals surface area (Å²) in [4.78, 5) is 24.4. The van der Waals surface area contributed by atoms with Crippen LogP contribution in [0, 0.1) is 23.5 Å². The smallest absolute Gasteiger partial charge is 0.228 e. The van der Waals surface area contributed by atoms with Crippen molar-refractivity contribution >= 4 is 17.5 Å². The van der Waals surface area contributed by atoms with Gasteiger partial charge in [-0.05, 0) is 31.0 Å². The summed E-state index contributed by atoms with van der Waals surface area (Å²) in [5, 5.41) is 5.41. The van der Waals surface area contributed by atoms with Crippen molar-refractivity contribution in [1.82, 2.24) is 5.32 Å². The van der Waals surface area contributed by atoms with E-state index in [0.717, 1.165) is 17.7 Å². The molecular formula is C19H18F2N2O2. The summed E-state index contributed by atoms with van der Waals surface area (Å²) in [5.74, 6) is -3.39. The zero-order valence-corrected chi connectivity index (χ0v) is 13.6. The van der Waals surface area contributed by atoms with Gasteiger partial charge in [-0.25, -0.2) is 8.78 Å². The maximum absolute atomic E-state index is 13.2. The summed E-state index contributed by atoms with van der Waals surface area (Å²) in [6.45, 7) is 1.88. The van der Waals surface area contributed by atoms with E-state index in [1.165, 1.54) is 6.07 Å². The zero-order chi connectivity index (χ0) is 18.0. The lowest BCUT2D eigenvalue weighted by Gasteiger charge is -2.14. The molecule has 130 valence electrons. The second-order valence-electron chi connectivity index (χ2n) is 6.21. The van der Waals surface area contributed by atoms with Crippen molar-refractivity contribution in [1.29, 1.82) is 0 Å². The molecule has 0 spiro atoms. The van der Waals surface area contributed by atoms with Crippen LogP contribution in [0.3, 0.4) is 0 Å². The van der Waals surface area contributed by atoms with Crippen LogP contribution in [0.1, 0.15) is 24.9 Å². The first kappa shape index (κ1) is 17.1. The summed E-state index contributed by atoms with van der Waals surface area (Å²) >= 11 is 0. The summed E-state index contributed by atoms with van der Waals surface area (Å²) in [7, 11) is 0. The quantitative estimate of drug-likeness (QED) is 0.873. The molecule has 0 aromatic heterocycles. The third-order valence-corrected chi connectivity index (χ3v) is 4.31. The maximum atomic E-state index is 13.2. The average Bonchev–Trinajstić information content (AvgIpc) is 3.40. The number of benzene rings is 2. The Labute approximate surface area is 144 Å². The molecule has 1 fully saturated rings. The molecule has 3 rings (SSSR count). The molecule has 1 saturated carbocycles. The molecule has 6 heteroatoms. The number of carbonyl (C=O) groups excluding carboxylic acids is 2. The Kier molecular flexibility index (Phi) is 4.79. The first-order valence-electron chi connectivity index (χ1n) is 8.07. The fourth-order valence-electron chi connectivity index (χ4n) is 2.73. The normalized spacial score (nSPS) is 19.8. The predicted octanol–water partition coefficient (Wildman–Crippen LogP) is 3.42.